The molecule has 0 aromatic carbocycles. The first-order valence-corrected chi connectivity index (χ1v) is 11.2. The third-order valence-electron chi connectivity index (χ3n) is 5.25. The van der Waals surface area contributed by atoms with Crippen LogP contribution in [-0.2, 0) is 0 Å². The van der Waals surface area contributed by atoms with Gasteiger partial charge in [0.25, 0.3) is 0 Å². The molecule has 0 saturated heterocycles. The highest BCUT2D eigenvalue weighted by molar-refractivity contribution is 4.74. The number of aliphatic hydroxyl groups excluding tert-OH is 4. The van der Waals surface area contributed by atoms with Crippen molar-refractivity contribution in [2.75, 3.05) is 0 Å². The van der Waals surface area contributed by atoms with Gasteiger partial charge in [-0.1, -0.05) is 90.9 Å². The van der Waals surface area contributed by atoms with E-state index < -0.39 is 24.4 Å². The van der Waals surface area contributed by atoms with Gasteiger partial charge in [0.15, 0.2) is 0 Å². The van der Waals surface area contributed by atoms with E-state index in [1.807, 2.05) is 0 Å². The zero-order chi connectivity index (χ0) is 19.6. The highest BCUT2D eigenvalue weighted by Gasteiger charge is 2.22. The molecular formula is C22H46O4. The summed E-state index contributed by atoms with van der Waals surface area (Å²) in [4.78, 5) is 0. The van der Waals surface area contributed by atoms with Crippen molar-refractivity contribution < 1.29 is 20.4 Å². The minimum absolute atomic E-state index is 0.194. The molecule has 0 fully saturated rings. The first kappa shape index (κ1) is 25.8. The van der Waals surface area contributed by atoms with Gasteiger partial charge in [-0.25, -0.2) is 0 Å². The monoisotopic (exact) mass is 374 g/mol. The lowest BCUT2D eigenvalue weighted by Crippen LogP contribution is -2.33. The van der Waals surface area contributed by atoms with Crippen LogP contribution in [-0.4, -0.2) is 44.8 Å². The molecule has 0 aromatic rings. The molecule has 4 nitrogen and oxygen atoms in total. The Morgan fingerprint density at radius 3 is 1.12 bits per heavy atom. The molecule has 0 radical (unpaired) electrons. The molecule has 0 spiro atoms. The summed E-state index contributed by atoms with van der Waals surface area (Å²) in [6, 6.07) is 0. The number of hydrogen-bond donors (Lipinski definition) is 4. The normalized spacial score (nSPS) is 16.4. The summed E-state index contributed by atoms with van der Waals surface area (Å²) in [5.74, 6) is 0. The number of hydrogen-bond acceptors (Lipinski definition) is 4. The second kappa shape index (κ2) is 18.2. The fourth-order valence-corrected chi connectivity index (χ4v) is 3.43. The average molecular weight is 375 g/mol. The lowest BCUT2D eigenvalue weighted by molar-refractivity contribution is -0.0365. The molecule has 158 valence electrons. The Morgan fingerprint density at radius 1 is 0.462 bits per heavy atom. The summed E-state index contributed by atoms with van der Waals surface area (Å²) in [7, 11) is 0. The van der Waals surface area contributed by atoms with Gasteiger partial charge in [-0.3, -0.25) is 0 Å². The van der Waals surface area contributed by atoms with Crippen LogP contribution in [0.4, 0.5) is 0 Å². The Balaban J connectivity index is 3.70. The number of rotatable bonds is 19. The predicted molar refractivity (Wildman–Crippen MR) is 109 cm³/mol. The fraction of sp³-hybridized carbons (Fsp3) is 1.00. The van der Waals surface area contributed by atoms with E-state index in [9.17, 15) is 20.4 Å². The van der Waals surface area contributed by atoms with Crippen molar-refractivity contribution in [1.29, 1.82) is 0 Å². The molecule has 0 aromatic heterocycles. The summed E-state index contributed by atoms with van der Waals surface area (Å²) in [5.41, 5.74) is 0. The van der Waals surface area contributed by atoms with Gasteiger partial charge in [0.2, 0.25) is 0 Å². The smallest absolute Gasteiger partial charge is 0.0824 e. The minimum Gasteiger partial charge on any atom is -0.393 e. The molecule has 0 amide bonds. The van der Waals surface area contributed by atoms with Crippen LogP contribution < -0.4 is 0 Å². The van der Waals surface area contributed by atoms with Gasteiger partial charge in [-0.15, -0.1) is 0 Å². The van der Waals surface area contributed by atoms with Gasteiger partial charge in [0.1, 0.15) is 0 Å². The summed E-state index contributed by atoms with van der Waals surface area (Å²) < 4.78 is 0. The van der Waals surface area contributed by atoms with Gasteiger partial charge >= 0.3 is 0 Å². The maximum atomic E-state index is 10.1. The van der Waals surface area contributed by atoms with Gasteiger partial charge in [-0.05, 0) is 12.8 Å². The second-order valence-electron chi connectivity index (χ2n) is 8.03. The topological polar surface area (TPSA) is 80.9 Å². The molecule has 4 atom stereocenters. The Kier molecular flexibility index (Phi) is 18.1. The number of aliphatic hydroxyl groups is 4. The molecule has 4 heteroatoms. The van der Waals surface area contributed by atoms with E-state index in [4.69, 9.17) is 0 Å². The Morgan fingerprint density at radius 2 is 0.769 bits per heavy atom. The highest BCUT2D eigenvalue weighted by atomic mass is 16.3. The van der Waals surface area contributed by atoms with Gasteiger partial charge in [0.05, 0.1) is 24.4 Å². The molecule has 0 saturated carbocycles. The molecule has 0 aliphatic heterocycles. The first-order chi connectivity index (χ1) is 12.5. The fourth-order valence-electron chi connectivity index (χ4n) is 3.43. The number of unbranched alkanes of at least 4 members (excludes halogenated alkanes) is 10. The van der Waals surface area contributed by atoms with Crippen LogP contribution in [0.2, 0.25) is 0 Å². The van der Waals surface area contributed by atoms with Crippen LogP contribution in [0.5, 0.6) is 0 Å². The Hall–Kier alpha value is -0.160. The van der Waals surface area contributed by atoms with E-state index in [2.05, 4.69) is 13.8 Å². The molecule has 26 heavy (non-hydrogen) atoms. The van der Waals surface area contributed by atoms with Crippen LogP contribution >= 0.6 is 0 Å². The lowest BCUT2D eigenvalue weighted by atomic mass is 9.96. The molecule has 0 aliphatic rings. The first-order valence-electron chi connectivity index (χ1n) is 11.2. The highest BCUT2D eigenvalue weighted by Crippen LogP contribution is 2.17. The quantitative estimate of drug-likeness (QED) is 0.247. The predicted octanol–water partition coefficient (Wildman–Crippen LogP) is 4.71. The third-order valence-corrected chi connectivity index (χ3v) is 5.25. The Labute approximate surface area is 162 Å². The molecule has 0 bridgehead atoms. The maximum Gasteiger partial charge on any atom is 0.0824 e. The van der Waals surface area contributed by atoms with E-state index in [0.29, 0.717) is 12.8 Å². The largest absolute Gasteiger partial charge is 0.393 e. The standard InChI is InChI=1S/C22H46O4/c1-3-5-7-9-11-13-15-19(23)17-21(25)22(26)18-20(24)16-14-12-10-8-6-4-2/h19-26H,3-18H2,1-2H3. The van der Waals surface area contributed by atoms with Gasteiger partial charge < -0.3 is 20.4 Å². The summed E-state index contributed by atoms with van der Waals surface area (Å²) in [5, 5.41) is 40.1. The molecule has 4 N–H and O–H groups in total. The van der Waals surface area contributed by atoms with Crippen molar-refractivity contribution in [3.63, 3.8) is 0 Å². The van der Waals surface area contributed by atoms with E-state index >= 15 is 0 Å². The van der Waals surface area contributed by atoms with Crippen LogP contribution in [0.25, 0.3) is 0 Å². The summed E-state index contributed by atoms with van der Waals surface area (Å²) in [6.07, 6.45) is 12.8. The van der Waals surface area contributed by atoms with Gasteiger partial charge in [0, 0.05) is 12.8 Å². The summed E-state index contributed by atoms with van der Waals surface area (Å²) >= 11 is 0. The molecule has 0 rings (SSSR count). The van der Waals surface area contributed by atoms with E-state index in [0.717, 1.165) is 25.7 Å². The van der Waals surface area contributed by atoms with Crippen LogP contribution in [0, 0.1) is 0 Å². The molecule has 0 aliphatic carbocycles. The third kappa shape index (κ3) is 16.0. The maximum absolute atomic E-state index is 10.1. The summed E-state index contributed by atoms with van der Waals surface area (Å²) in [6.45, 7) is 4.39. The molecule has 4 unspecified atom stereocenters. The van der Waals surface area contributed by atoms with Crippen LogP contribution in [0.15, 0.2) is 0 Å². The SMILES string of the molecule is CCCCCCCCC(O)CC(O)C(O)CC(O)CCCCCCCC. The zero-order valence-electron chi connectivity index (χ0n) is 17.4. The Bertz CT molecular complexity index is 257. The molecular weight excluding hydrogens is 328 g/mol. The lowest BCUT2D eigenvalue weighted by Gasteiger charge is -2.23. The van der Waals surface area contributed by atoms with Gasteiger partial charge in [-0.2, -0.15) is 0 Å². The van der Waals surface area contributed by atoms with E-state index in [1.165, 1.54) is 51.4 Å². The van der Waals surface area contributed by atoms with Crippen molar-refractivity contribution in [2.45, 2.75) is 141 Å². The van der Waals surface area contributed by atoms with Crippen molar-refractivity contribution in [3.8, 4) is 0 Å². The average Bonchev–Trinajstić information content (AvgIpc) is 2.60. The van der Waals surface area contributed by atoms with E-state index in [1.54, 1.807) is 0 Å². The van der Waals surface area contributed by atoms with Crippen molar-refractivity contribution in [3.05, 3.63) is 0 Å². The molecule has 0 heterocycles. The van der Waals surface area contributed by atoms with Crippen LogP contribution in [0.3, 0.4) is 0 Å². The van der Waals surface area contributed by atoms with E-state index in [-0.39, 0.29) is 12.8 Å². The van der Waals surface area contributed by atoms with Crippen molar-refractivity contribution >= 4 is 0 Å². The van der Waals surface area contributed by atoms with Crippen molar-refractivity contribution in [1.82, 2.24) is 0 Å². The second-order valence-corrected chi connectivity index (χ2v) is 8.03. The van der Waals surface area contributed by atoms with Crippen molar-refractivity contribution in [2.24, 2.45) is 0 Å². The van der Waals surface area contributed by atoms with Crippen LogP contribution in [0.1, 0.15) is 117 Å². The zero-order valence-corrected chi connectivity index (χ0v) is 17.4. The minimum atomic E-state index is -0.954.